The van der Waals surface area contributed by atoms with Crippen LogP contribution < -0.4 is 9.47 Å². The zero-order valence-corrected chi connectivity index (χ0v) is 24.8. The highest BCUT2D eigenvalue weighted by atomic mass is 16.5. The molecule has 1 unspecified atom stereocenters. The minimum Gasteiger partial charge on any atom is -0.505 e. The first-order valence-electron chi connectivity index (χ1n) is 14.7. The van der Waals surface area contributed by atoms with Gasteiger partial charge >= 0.3 is 0 Å². The Kier molecular flexibility index (Phi) is 9.13. The van der Waals surface area contributed by atoms with Crippen LogP contribution in [0.2, 0.25) is 0 Å². The summed E-state index contributed by atoms with van der Waals surface area (Å²) in [7, 11) is 0. The fraction of sp³-hybridized carbons (Fsp3) is 0.469. The third-order valence-corrected chi connectivity index (χ3v) is 7.77. The maximum atomic E-state index is 13.7. The number of amides is 1. The lowest BCUT2D eigenvalue weighted by Crippen LogP contribution is -2.42. The van der Waals surface area contributed by atoms with Gasteiger partial charge in [-0.3, -0.25) is 18.9 Å². The molecular formula is C32H40N4O6. The number of ketones is 1. The number of Topliss-reactive ketones (excluding diaryl/α,β-unsaturated/α-hetero) is 1. The van der Waals surface area contributed by atoms with Crippen LogP contribution >= 0.6 is 0 Å². The van der Waals surface area contributed by atoms with E-state index in [9.17, 15) is 14.7 Å². The van der Waals surface area contributed by atoms with Gasteiger partial charge in [-0.1, -0.05) is 26.0 Å². The molecule has 3 aromatic rings. The lowest BCUT2D eigenvalue weighted by Gasteiger charge is -2.31. The van der Waals surface area contributed by atoms with E-state index in [1.165, 1.54) is 0 Å². The maximum Gasteiger partial charge on any atom is 0.295 e. The Morgan fingerprint density at radius 1 is 1.10 bits per heavy atom. The molecule has 2 aromatic heterocycles. The van der Waals surface area contributed by atoms with E-state index < -0.39 is 17.7 Å². The van der Waals surface area contributed by atoms with Crippen LogP contribution in [0.4, 0.5) is 0 Å². The second-order valence-electron chi connectivity index (χ2n) is 11.1. The molecule has 1 amide bonds. The number of morpholine rings is 1. The number of rotatable bonds is 11. The van der Waals surface area contributed by atoms with Crippen molar-refractivity contribution in [2.24, 2.45) is 5.92 Å². The summed E-state index contributed by atoms with van der Waals surface area (Å²) in [5.74, 6) is 0.0110. The largest absolute Gasteiger partial charge is 0.505 e. The number of hydrogen-bond acceptors (Lipinski definition) is 8. The Bertz CT molecular complexity index is 1470. The van der Waals surface area contributed by atoms with Crippen molar-refractivity contribution in [2.45, 2.75) is 40.2 Å². The Morgan fingerprint density at radius 3 is 2.62 bits per heavy atom. The van der Waals surface area contributed by atoms with Gasteiger partial charge in [0.05, 0.1) is 43.7 Å². The van der Waals surface area contributed by atoms with E-state index in [4.69, 9.17) is 14.2 Å². The van der Waals surface area contributed by atoms with Crippen molar-refractivity contribution in [2.75, 3.05) is 52.6 Å². The number of aliphatic hydroxyl groups is 1. The van der Waals surface area contributed by atoms with Crippen molar-refractivity contribution < 1.29 is 28.9 Å². The number of carbonyl (C=O) groups is 2. The molecule has 2 saturated heterocycles. The number of hydrogen-bond donors (Lipinski definition) is 1. The van der Waals surface area contributed by atoms with Gasteiger partial charge in [-0.25, -0.2) is 4.98 Å². The molecule has 0 bridgehead atoms. The van der Waals surface area contributed by atoms with E-state index in [0.717, 1.165) is 19.5 Å². The molecular weight excluding hydrogens is 536 g/mol. The van der Waals surface area contributed by atoms with Gasteiger partial charge in [-0.2, -0.15) is 0 Å². The van der Waals surface area contributed by atoms with Crippen molar-refractivity contribution in [3.05, 3.63) is 65.1 Å². The number of nitrogens with zero attached hydrogens (tertiary/aromatic N) is 4. The van der Waals surface area contributed by atoms with E-state index in [-0.39, 0.29) is 11.3 Å². The van der Waals surface area contributed by atoms with Crippen molar-refractivity contribution in [1.82, 2.24) is 19.2 Å². The molecule has 5 rings (SSSR count). The second kappa shape index (κ2) is 13.0. The van der Waals surface area contributed by atoms with Crippen LogP contribution in [0.1, 0.15) is 50.2 Å². The van der Waals surface area contributed by atoms with Crippen LogP contribution in [0.3, 0.4) is 0 Å². The third kappa shape index (κ3) is 6.00. The molecule has 1 atom stereocenters. The van der Waals surface area contributed by atoms with Gasteiger partial charge in [0.2, 0.25) is 0 Å². The van der Waals surface area contributed by atoms with Crippen LogP contribution in [0.15, 0.2) is 48.2 Å². The average Bonchev–Trinajstić information content (AvgIpc) is 3.45. The topological polar surface area (TPSA) is 106 Å². The van der Waals surface area contributed by atoms with E-state index in [1.807, 2.05) is 43.3 Å². The van der Waals surface area contributed by atoms with Gasteiger partial charge in [0.1, 0.15) is 11.3 Å². The molecule has 0 radical (unpaired) electrons. The lowest BCUT2D eigenvalue weighted by atomic mass is 9.96. The SMILES string of the molecule is CCOc1cc(C2C(=C(O)c3c(C)nc4ccccn34)C(=O)C(=O)N2CCN2CCOCC2)ccc1OCCC(C)C. The summed E-state index contributed by atoms with van der Waals surface area (Å²) >= 11 is 0. The van der Waals surface area contributed by atoms with E-state index in [0.29, 0.717) is 79.5 Å². The molecule has 1 aromatic carbocycles. The second-order valence-corrected chi connectivity index (χ2v) is 11.1. The molecule has 224 valence electrons. The standard InChI is InChI=1S/C32H40N4O6/c1-5-41-25-20-23(9-10-24(25)42-17-11-21(2)3)29-27(30(37)28-22(4)33-26-8-6-7-12-35(26)28)31(38)32(39)36(29)14-13-34-15-18-40-19-16-34/h6-10,12,20-21,29,37H,5,11,13-19H2,1-4H3. The molecule has 42 heavy (non-hydrogen) atoms. The number of aliphatic hydroxyl groups excluding tert-OH is 1. The Balaban J connectivity index is 1.59. The summed E-state index contributed by atoms with van der Waals surface area (Å²) in [5.41, 5.74) is 2.27. The van der Waals surface area contributed by atoms with Crippen molar-refractivity contribution in [3.63, 3.8) is 0 Å². The molecule has 0 aliphatic carbocycles. The van der Waals surface area contributed by atoms with Gasteiger partial charge in [-0.15, -0.1) is 0 Å². The van der Waals surface area contributed by atoms with Crippen LogP contribution in [0.5, 0.6) is 11.5 Å². The molecule has 1 N–H and O–H groups in total. The van der Waals surface area contributed by atoms with Crippen LogP contribution in [0, 0.1) is 12.8 Å². The summed E-state index contributed by atoms with van der Waals surface area (Å²) < 4.78 is 19.2. The summed E-state index contributed by atoms with van der Waals surface area (Å²) in [6.45, 7) is 12.6. The number of ether oxygens (including phenoxy) is 3. The van der Waals surface area contributed by atoms with Gasteiger partial charge < -0.3 is 24.2 Å². The number of carbonyl (C=O) groups excluding carboxylic acids is 2. The summed E-state index contributed by atoms with van der Waals surface area (Å²) in [6.07, 6.45) is 2.68. The normalized spacial score (nSPS) is 19.3. The molecule has 0 saturated carbocycles. The zero-order chi connectivity index (χ0) is 29.8. The molecule has 0 spiro atoms. The Labute approximate surface area is 246 Å². The van der Waals surface area contributed by atoms with Gasteiger partial charge in [0, 0.05) is 32.4 Å². The fourth-order valence-electron chi connectivity index (χ4n) is 5.54. The number of aryl methyl sites for hydroxylation is 1. The average molecular weight is 577 g/mol. The molecule has 2 fully saturated rings. The zero-order valence-electron chi connectivity index (χ0n) is 24.8. The van der Waals surface area contributed by atoms with Crippen LogP contribution in [-0.2, 0) is 14.3 Å². The van der Waals surface area contributed by atoms with Crippen LogP contribution in [-0.4, -0.2) is 88.6 Å². The molecule has 4 heterocycles. The highest BCUT2D eigenvalue weighted by Crippen LogP contribution is 2.42. The summed E-state index contributed by atoms with van der Waals surface area (Å²) in [4.78, 5) is 35.6. The minimum absolute atomic E-state index is 0.0339. The first-order valence-corrected chi connectivity index (χ1v) is 14.7. The fourth-order valence-corrected chi connectivity index (χ4v) is 5.54. The highest BCUT2D eigenvalue weighted by Gasteiger charge is 2.46. The van der Waals surface area contributed by atoms with E-state index in [1.54, 1.807) is 22.4 Å². The monoisotopic (exact) mass is 576 g/mol. The maximum absolute atomic E-state index is 13.7. The smallest absolute Gasteiger partial charge is 0.295 e. The van der Waals surface area contributed by atoms with Gasteiger partial charge in [-0.05, 0) is 56.0 Å². The summed E-state index contributed by atoms with van der Waals surface area (Å²) in [6, 6.07) is 10.2. The highest BCUT2D eigenvalue weighted by molar-refractivity contribution is 6.46. The predicted molar refractivity (Wildman–Crippen MR) is 159 cm³/mol. The lowest BCUT2D eigenvalue weighted by molar-refractivity contribution is -0.140. The Morgan fingerprint density at radius 2 is 1.88 bits per heavy atom. The van der Waals surface area contributed by atoms with Crippen molar-refractivity contribution in [1.29, 1.82) is 0 Å². The minimum atomic E-state index is -0.816. The first-order chi connectivity index (χ1) is 20.3. The van der Waals surface area contributed by atoms with Crippen molar-refractivity contribution >= 4 is 23.1 Å². The summed E-state index contributed by atoms with van der Waals surface area (Å²) in [5, 5.41) is 11.8. The number of fused-ring (bicyclic) bond motifs is 1. The van der Waals surface area contributed by atoms with Gasteiger partial charge in [0.15, 0.2) is 17.3 Å². The molecule has 2 aliphatic heterocycles. The molecule has 10 nitrogen and oxygen atoms in total. The van der Waals surface area contributed by atoms with E-state index >= 15 is 0 Å². The predicted octanol–water partition coefficient (Wildman–Crippen LogP) is 4.22. The first kappa shape index (κ1) is 29.6. The quantitative estimate of drug-likeness (QED) is 0.206. The van der Waals surface area contributed by atoms with Gasteiger partial charge in [0.25, 0.3) is 11.7 Å². The number of likely N-dealkylation sites (tertiary alicyclic amines) is 1. The van der Waals surface area contributed by atoms with Crippen molar-refractivity contribution in [3.8, 4) is 11.5 Å². The Hall–Kier alpha value is -3.89. The van der Waals surface area contributed by atoms with E-state index in [2.05, 4.69) is 23.7 Å². The number of aromatic nitrogens is 2. The molecule has 10 heteroatoms. The third-order valence-electron chi connectivity index (χ3n) is 7.77. The number of imidazole rings is 1. The van der Waals surface area contributed by atoms with Crippen LogP contribution in [0.25, 0.3) is 11.4 Å². The number of benzene rings is 1. The molecule has 2 aliphatic rings. The number of pyridine rings is 1.